The molecule has 4 heterocycles. The Labute approximate surface area is 316 Å². The predicted molar refractivity (Wildman–Crippen MR) is 211 cm³/mol. The second kappa shape index (κ2) is 16.0. The van der Waals surface area contributed by atoms with E-state index in [1.54, 1.807) is 22.9 Å². The Kier molecular flexibility index (Phi) is 11.8. The van der Waals surface area contributed by atoms with E-state index in [-0.39, 0.29) is 30.7 Å². The first kappa shape index (κ1) is 39.1. The number of aliphatic hydroxyl groups excluding tert-OH is 1. The third kappa shape index (κ3) is 7.82. The number of carbonyl (C=O) groups excluding carboxylic acids is 3. The standard InChI is InChI=1S/C43H58FN3O5Si/c1-29(2)14-13-15-30(3)21-23-46-37-20-19-34(45-22-12-8-7-9-18-39(45)49)25-36(37)43(42(46)51)31(4)41(53(5,6)44)38(52-43)26-40(50)47-27-33-17-11-10-16-32(33)24-35(47)28-48/h10-11,14,16-17,19-21,25,31,35,38,41,48H,7-9,12-13,15,18,22-24,26-28H2,1-6H3/b30-21+/t31-,35+,38+,41-,43+/m1/s1. The summed E-state index contributed by atoms with van der Waals surface area (Å²) in [5.41, 5.74) is 4.49. The largest absolute Gasteiger partial charge is 0.394 e. The Bertz CT molecular complexity index is 1770. The molecule has 0 radical (unpaired) electrons. The van der Waals surface area contributed by atoms with Crippen LogP contribution in [-0.2, 0) is 37.7 Å². The van der Waals surface area contributed by atoms with Crippen molar-refractivity contribution < 1.29 is 28.3 Å². The molecule has 53 heavy (non-hydrogen) atoms. The predicted octanol–water partition coefficient (Wildman–Crippen LogP) is 8.13. The second-order valence-corrected chi connectivity index (χ2v) is 20.3. The zero-order chi connectivity index (χ0) is 38.1. The van der Waals surface area contributed by atoms with Gasteiger partial charge in [-0.2, -0.15) is 0 Å². The van der Waals surface area contributed by atoms with E-state index in [0.29, 0.717) is 43.7 Å². The molecular formula is C43H58FN3O5Si. The first-order valence-electron chi connectivity index (χ1n) is 19.7. The Morgan fingerprint density at radius 3 is 2.49 bits per heavy atom. The summed E-state index contributed by atoms with van der Waals surface area (Å²) in [4.78, 5) is 48.0. The number of fused-ring (bicyclic) bond motifs is 3. The van der Waals surface area contributed by atoms with Crippen molar-refractivity contribution in [3.05, 3.63) is 82.5 Å². The molecule has 0 saturated carbocycles. The van der Waals surface area contributed by atoms with Crippen LogP contribution >= 0.6 is 0 Å². The molecule has 3 amide bonds. The minimum atomic E-state index is -3.54. The molecule has 5 atom stereocenters. The van der Waals surface area contributed by atoms with Gasteiger partial charge in [-0.05, 0) is 95.3 Å². The van der Waals surface area contributed by atoms with Crippen molar-refractivity contribution in [2.24, 2.45) is 5.92 Å². The number of rotatable bonds is 10. The van der Waals surface area contributed by atoms with Crippen molar-refractivity contribution in [2.75, 3.05) is 29.5 Å². The smallest absolute Gasteiger partial charge is 0.264 e. The normalized spacial score (nSPS) is 26.4. The van der Waals surface area contributed by atoms with Gasteiger partial charge in [0.2, 0.25) is 20.2 Å². The molecule has 286 valence electrons. The first-order chi connectivity index (χ1) is 25.3. The summed E-state index contributed by atoms with van der Waals surface area (Å²) in [6.45, 7) is 12.6. The van der Waals surface area contributed by atoms with E-state index < -0.39 is 37.6 Å². The lowest BCUT2D eigenvalue weighted by molar-refractivity contribution is -0.150. The molecule has 4 aliphatic heterocycles. The topological polar surface area (TPSA) is 90.4 Å². The highest BCUT2D eigenvalue weighted by atomic mass is 28.4. The molecule has 0 unspecified atom stereocenters. The van der Waals surface area contributed by atoms with Crippen LogP contribution in [0.2, 0.25) is 18.6 Å². The minimum Gasteiger partial charge on any atom is -0.394 e. The van der Waals surface area contributed by atoms with Crippen LogP contribution in [0.15, 0.2) is 65.8 Å². The monoisotopic (exact) mass is 743 g/mol. The Morgan fingerprint density at radius 2 is 1.77 bits per heavy atom. The van der Waals surface area contributed by atoms with Crippen LogP contribution in [0.3, 0.4) is 0 Å². The van der Waals surface area contributed by atoms with Crippen LogP contribution in [-0.4, -0.2) is 68.0 Å². The highest BCUT2D eigenvalue weighted by Crippen LogP contribution is 2.60. The number of benzene rings is 2. The van der Waals surface area contributed by atoms with Crippen LogP contribution in [0.5, 0.6) is 0 Å². The zero-order valence-corrected chi connectivity index (χ0v) is 33.5. The fourth-order valence-corrected chi connectivity index (χ4v) is 11.8. The maximum atomic E-state index is 16.7. The van der Waals surface area contributed by atoms with Gasteiger partial charge in [0, 0.05) is 48.8 Å². The SMILES string of the molecule is CC(C)=CCC/C(C)=C/CN1C(=O)[C@@]2(O[C@@H](CC(=O)N3Cc4ccccc4C[C@H]3CO)[C@H]([Si](C)(C)F)[C@H]2C)c2cc(N3CCCCCCC3=O)ccc21. The molecule has 2 fully saturated rings. The van der Waals surface area contributed by atoms with Crippen molar-refractivity contribution in [2.45, 2.75) is 128 Å². The van der Waals surface area contributed by atoms with Gasteiger partial charge in [-0.25, -0.2) is 0 Å². The van der Waals surface area contributed by atoms with E-state index in [9.17, 15) is 14.7 Å². The van der Waals surface area contributed by atoms with E-state index in [1.807, 2.05) is 54.3 Å². The molecule has 0 aliphatic carbocycles. The van der Waals surface area contributed by atoms with Crippen LogP contribution in [0, 0.1) is 5.92 Å². The van der Waals surface area contributed by atoms with Gasteiger partial charge in [0.25, 0.3) is 5.91 Å². The quantitative estimate of drug-likeness (QED) is 0.151. The van der Waals surface area contributed by atoms with E-state index in [0.717, 1.165) is 55.3 Å². The number of aliphatic hydroxyl groups is 1. The van der Waals surface area contributed by atoms with Gasteiger partial charge in [-0.15, -0.1) is 0 Å². The Morgan fingerprint density at radius 1 is 1.04 bits per heavy atom. The van der Waals surface area contributed by atoms with Crippen LogP contribution in [0.25, 0.3) is 0 Å². The fraction of sp³-hybridized carbons (Fsp3) is 0.558. The van der Waals surface area contributed by atoms with Gasteiger partial charge < -0.3 is 28.7 Å². The zero-order valence-electron chi connectivity index (χ0n) is 32.5. The third-order valence-electron chi connectivity index (χ3n) is 12.1. The summed E-state index contributed by atoms with van der Waals surface area (Å²) < 4.78 is 23.7. The summed E-state index contributed by atoms with van der Waals surface area (Å²) in [7, 11) is -3.54. The van der Waals surface area contributed by atoms with E-state index in [2.05, 4.69) is 32.9 Å². The van der Waals surface area contributed by atoms with Gasteiger partial charge in [-0.3, -0.25) is 14.4 Å². The lowest BCUT2D eigenvalue weighted by atomic mass is 9.82. The number of nitrogens with zero attached hydrogens (tertiary/aromatic N) is 3. The number of hydrogen-bond donors (Lipinski definition) is 1. The number of hydrogen-bond acceptors (Lipinski definition) is 5. The number of carbonyl (C=O) groups is 3. The molecule has 2 saturated heterocycles. The molecule has 4 aliphatic rings. The highest BCUT2D eigenvalue weighted by Gasteiger charge is 2.67. The lowest BCUT2D eigenvalue weighted by Gasteiger charge is -2.37. The molecule has 2 aromatic rings. The minimum absolute atomic E-state index is 0.0652. The first-order valence-corrected chi connectivity index (χ1v) is 22.6. The number of halogens is 1. The van der Waals surface area contributed by atoms with Crippen molar-refractivity contribution >= 4 is 37.5 Å². The van der Waals surface area contributed by atoms with Crippen molar-refractivity contribution in [3.63, 3.8) is 0 Å². The summed E-state index contributed by atoms with van der Waals surface area (Å²) >= 11 is 0. The molecule has 1 N–H and O–H groups in total. The molecule has 6 rings (SSSR count). The van der Waals surface area contributed by atoms with Gasteiger partial charge in [-0.1, -0.05) is 67.3 Å². The summed E-state index contributed by atoms with van der Waals surface area (Å²) in [6.07, 6.45) is 10.0. The van der Waals surface area contributed by atoms with Crippen LogP contribution in [0.4, 0.5) is 15.5 Å². The lowest BCUT2D eigenvalue weighted by Crippen LogP contribution is -2.48. The molecule has 0 bridgehead atoms. The van der Waals surface area contributed by atoms with E-state index >= 15 is 8.90 Å². The second-order valence-electron chi connectivity index (χ2n) is 16.5. The maximum absolute atomic E-state index is 16.7. The van der Waals surface area contributed by atoms with E-state index in [4.69, 9.17) is 4.74 Å². The highest BCUT2D eigenvalue weighted by molar-refractivity contribution is 6.72. The van der Waals surface area contributed by atoms with Crippen molar-refractivity contribution in [3.8, 4) is 0 Å². The number of ether oxygens (including phenoxy) is 1. The van der Waals surface area contributed by atoms with Crippen molar-refractivity contribution in [1.82, 2.24) is 4.90 Å². The van der Waals surface area contributed by atoms with E-state index in [1.165, 1.54) is 11.1 Å². The van der Waals surface area contributed by atoms with Gasteiger partial charge >= 0.3 is 0 Å². The molecule has 10 heteroatoms. The molecule has 8 nitrogen and oxygen atoms in total. The van der Waals surface area contributed by atoms with Crippen LogP contribution in [0.1, 0.15) is 95.8 Å². The van der Waals surface area contributed by atoms with Crippen LogP contribution < -0.4 is 9.80 Å². The average Bonchev–Trinajstić information content (AvgIpc) is 3.53. The van der Waals surface area contributed by atoms with Crippen molar-refractivity contribution in [1.29, 1.82) is 0 Å². The Balaban J connectivity index is 1.38. The molecular weight excluding hydrogens is 686 g/mol. The summed E-state index contributed by atoms with van der Waals surface area (Å²) in [5, 5.41) is 10.3. The maximum Gasteiger partial charge on any atom is 0.264 e. The summed E-state index contributed by atoms with van der Waals surface area (Å²) in [6, 6.07) is 13.3. The fourth-order valence-electron chi connectivity index (χ4n) is 9.29. The van der Waals surface area contributed by atoms with Gasteiger partial charge in [0.1, 0.15) is 0 Å². The molecule has 0 aromatic heterocycles. The number of allylic oxidation sites excluding steroid dienone is 3. The number of amides is 3. The van der Waals surface area contributed by atoms with Gasteiger partial charge in [0.15, 0.2) is 5.60 Å². The van der Waals surface area contributed by atoms with Gasteiger partial charge in [0.05, 0.1) is 30.9 Å². The molecule has 2 aromatic carbocycles. The third-order valence-corrected chi connectivity index (χ3v) is 14.5. The average molecular weight is 744 g/mol. The Hall–Kier alpha value is -3.60. The molecule has 1 spiro atoms. The number of anilines is 2. The summed E-state index contributed by atoms with van der Waals surface area (Å²) in [5.74, 6) is -0.966.